The monoisotopic (exact) mass is 556 g/mol. The molecule has 0 unspecified atom stereocenters. The molecule has 39 heavy (non-hydrogen) atoms. The van der Waals surface area contributed by atoms with Gasteiger partial charge in [0.2, 0.25) is 0 Å². The number of anilines is 1. The number of pyridine rings is 1. The molecule has 0 bridgehead atoms. The Morgan fingerprint density at radius 1 is 1.03 bits per heavy atom. The summed E-state index contributed by atoms with van der Waals surface area (Å²) in [4.78, 5) is 32.3. The highest BCUT2D eigenvalue weighted by Crippen LogP contribution is 2.32. The molecule has 206 valence electrons. The first-order chi connectivity index (χ1) is 18.3. The predicted octanol–water partition coefficient (Wildman–Crippen LogP) is 5.00. The van der Waals surface area contributed by atoms with Gasteiger partial charge in [-0.15, -0.1) is 0 Å². The van der Waals surface area contributed by atoms with Crippen LogP contribution in [0.3, 0.4) is 0 Å². The van der Waals surface area contributed by atoms with Crippen molar-refractivity contribution in [2.45, 2.75) is 44.7 Å². The number of alkyl halides is 6. The van der Waals surface area contributed by atoms with Crippen LogP contribution in [0.4, 0.5) is 36.4 Å². The number of halogens is 7. The van der Waals surface area contributed by atoms with Gasteiger partial charge in [-0.3, -0.25) is 19.1 Å². The topological polar surface area (TPSA) is 106 Å². The summed E-state index contributed by atoms with van der Waals surface area (Å²) in [5, 5.41) is 7.68. The van der Waals surface area contributed by atoms with Crippen molar-refractivity contribution in [1.82, 2.24) is 24.7 Å². The Hall–Kier alpha value is -4.30. The fourth-order valence-electron chi connectivity index (χ4n) is 3.95. The van der Waals surface area contributed by atoms with Crippen LogP contribution in [0.5, 0.6) is 0 Å². The van der Waals surface area contributed by atoms with E-state index >= 15 is 0 Å². The highest BCUT2D eigenvalue weighted by molar-refractivity contribution is 5.83. The number of hydrogen-bond donors (Lipinski definition) is 2. The number of benzene rings is 1. The van der Waals surface area contributed by atoms with Crippen LogP contribution < -0.4 is 16.4 Å². The summed E-state index contributed by atoms with van der Waals surface area (Å²) in [5.74, 6) is -0.879. The van der Waals surface area contributed by atoms with Crippen LogP contribution in [0, 0.1) is 5.82 Å². The van der Waals surface area contributed by atoms with Crippen LogP contribution in [0.15, 0.2) is 52.6 Å². The van der Waals surface area contributed by atoms with Gasteiger partial charge in [-0.05, 0) is 44.0 Å². The van der Waals surface area contributed by atoms with Crippen LogP contribution in [-0.4, -0.2) is 30.8 Å². The number of aromatic nitrogens is 5. The minimum atomic E-state index is -4.89. The molecule has 4 rings (SSSR count). The van der Waals surface area contributed by atoms with E-state index in [1.165, 1.54) is 17.0 Å². The third-order valence-corrected chi connectivity index (χ3v) is 5.86. The van der Waals surface area contributed by atoms with Gasteiger partial charge in [0.15, 0.2) is 0 Å². The predicted molar refractivity (Wildman–Crippen MR) is 126 cm³/mol. The molecule has 1 atom stereocenters. The lowest BCUT2D eigenvalue weighted by atomic mass is 10.1. The second-order valence-corrected chi connectivity index (χ2v) is 8.70. The van der Waals surface area contributed by atoms with E-state index in [4.69, 9.17) is 0 Å². The number of fused-ring (bicyclic) bond motifs is 1. The Morgan fingerprint density at radius 3 is 2.41 bits per heavy atom. The summed E-state index contributed by atoms with van der Waals surface area (Å²) in [6, 6.07) is 3.39. The maximum atomic E-state index is 14.8. The Labute approximate surface area is 214 Å². The summed E-state index contributed by atoms with van der Waals surface area (Å²) >= 11 is 0. The van der Waals surface area contributed by atoms with Crippen molar-refractivity contribution in [3.8, 4) is 11.3 Å². The fourth-order valence-corrected chi connectivity index (χ4v) is 3.95. The number of rotatable bonds is 7. The molecule has 0 aliphatic heterocycles. The number of nitrogens with zero attached hydrogens (tertiary/aromatic N) is 4. The van der Waals surface area contributed by atoms with Gasteiger partial charge in [0, 0.05) is 24.3 Å². The summed E-state index contributed by atoms with van der Waals surface area (Å²) in [6.07, 6.45) is -6.22. The molecular weight excluding hydrogens is 537 g/mol. The molecule has 15 heteroatoms. The van der Waals surface area contributed by atoms with Crippen molar-refractivity contribution in [2.24, 2.45) is 0 Å². The Balaban J connectivity index is 1.47. The molecule has 0 aliphatic carbocycles. The molecule has 0 spiro atoms. The van der Waals surface area contributed by atoms with E-state index in [1.54, 1.807) is 12.0 Å². The first kappa shape index (κ1) is 27.7. The van der Waals surface area contributed by atoms with Gasteiger partial charge in [0.1, 0.15) is 11.4 Å². The molecule has 0 saturated heterocycles. The molecule has 4 aromatic rings. The molecule has 0 radical (unpaired) electrons. The van der Waals surface area contributed by atoms with Crippen LogP contribution in [-0.2, 0) is 18.9 Å². The fraction of sp³-hybridized carbons (Fsp3) is 0.292. The lowest BCUT2D eigenvalue weighted by Crippen LogP contribution is -2.27. The molecule has 3 heterocycles. The quantitative estimate of drug-likeness (QED) is 0.311. The Morgan fingerprint density at radius 2 is 1.77 bits per heavy atom. The van der Waals surface area contributed by atoms with Crippen LogP contribution in [0.25, 0.3) is 22.2 Å². The van der Waals surface area contributed by atoms with E-state index in [0.717, 1.165) is 24.4 Å². The van der Waals surface area contributed by atoms with Crippen molar-refractivity contribution in [2.75, 3.05) is 5.32 Å². The molecule has 8 nitrogen and oxygen atoms in total. The summed E-state index contributed by atoms with van der Waals surface area (Å²) in [5.41, 5.74) is -4.92. The van der Waals surface area contributed by atoms with E-state index in [1.807, 2.05) is 0 Å². The SMILES string of the molecule is C[C@@H](CCCn1cnc2cc(-c3ccc(C(F)(F)F)cn3)c(F)cc2c1=O)Nc1cn[nH]c(=O)c1C(F)(F)F. The van der Waals surface area contributed by atoms with Crippen LogP contribution >= 0.6 is 0 Å². The maximum absolute atomic E-state index is 14.8. The minimum absolute atomic E-state index is 0.0683. The summed E-state index contributed by atoms with van der Waals surface area (Å²) in [7, 11) is 0. The van der Waals surface area contributed by atoms with Crippen LogP contribution in [0.1, 0.15) is 30.9 Å². The molecule has 0 saturated carbocycles. The first-order valence-electron chi connectivity index (χ1n) is 11.4. The number of H-pyrrole nitrogens is 1. The third kappa shape index (κ3) is 6.07. The molecular formula is C24H19F7N6O2. The van der Waals surface area contributed by atoms with E-state index in [2.05, 4.69) is 20.4 Å². The highest BCUT2D eigenvalue weighted by atomic mass is 19.4. The van der Waals surface area contributed by atoms with Gasteiger partial charge in [-0.2, -0.15) is 31.4 Å². The smallest absolute Gasteiger partial charge is 0.381 e. The van der Waals surface area contributed by atoms with Crippen molar-refractivity contribution in [1.29, 1.82) is 0 Å². The van der Waals surface area contributed by atoms with E-state index in [0.29, 0.717) is 19.0 Å². The van der Waals surface area contributed by atoms with Gasteiger partial charge < -0.3 is 5.32 Å². The Bertz CT molecular complexity index is 1610. The normalized spacial score (nSPS) is 13.0. The van der Waals surface area contributed by atoms with Crippen molar-refractivity contribution in [3.05, 3.63) is 80.6 Å². The average Bonchev–Trinajstić information content (AvgIpc) is 2.84. The number of aryl methyl sites for hydroxylation is 1. The van der Waals surface area contributed by atoms with Gasteiger partial charge in [0.05, 0.1) is 40.4 Å². The third-order valence-electron chi connectivity index (χ3n) is 5.86. The standard InChI is InChI=1S/C24H19F7N6O2/c1-12(35-19-10-34-36-21(38)20(19)24(29,30)31)3-2-6-37-11-33-18-8-14(16(25)7-15(18)22(37)39)17-5-4-13(9-32-17)23(26,27)28/h4-5,7-12H,2-3,6H2,1H3,(H2,35,36,38)/t12-/m0/s1. The molecule has 0 amide bonds. The zero-order valence-corrected chi connectivity index (χ0v) is 20.0. The zero-order valence-electron chi connectivity index (χ0n) is 20.0. The van der Waals surface area contributed by atoms with Crippen molar-refractivity contribution >= 4 is 16.6 Å². The average molecular weight is 556 g/mol. The van der Waals surface area contributed by atoms with E-state index < -0.39 is 52.1 Å². The second-order valence-electron chi connectivity index (χ2n) is 8.70. The largest absolute Gasteiger partial charge is 0.423 e. The molecule has 1 aromatic carbocycles. The van der Waals surface area contributed by atoms with Gasteiger partial charge in [0.25, 0.3) is 11.1 Å². The van der Waals surface area contributed by atoms with Crippen molar-refractivity contribution in [3.63, 3.8) is 0 Å². The lowest BCUT2D eigenvalue weighted by Gasteiger charge is -2.18. The van der Waals surface area contributed by atoms with Gasteiger partial charge in [-0.1, -0.05) is 0 Å². The lowest BCUT2D eigenvalue weighted by molar-refractivity contribution is -0.138. The molecule has 0 fully saturated rings. The number of hydrogen-bond acceptors (Lipinski definition) is 6. The molecule has 0 aliphatic rings. The zero-order chi connectivity index (χ0) is 28.5. The summed E-state index contributed by atoms with van der Waals surface area (Å²) < 4.78 is 94.0. The highest BCUT2D eigenvalue weighted by Gasteiger charge is 2.37. The maximum Gasteiger partial charge on any atom is 0.423 e. The Kier molecular flexibility index (Phi) is 7.44. The van der Waals surface area contributed by atoms with Crippen LogP contribution in [0.2, 0.25) is 0 Å². The second kappa shape index (κ2) is 10.5. The van der Waals surface area contributed by atoms with Gasteiger partial charge in [-0.25, -0.2) is 14.5 Å². The number of aromatic amines is 1. The molecule has 3 aromatic heterocycles. The van der Waals surface area contributed by atoms with E-state index in [9.17, 15) is 40.3 Å². The minimum Gasteiger partial charge on any atom is -0.381 e. The number of nitrogens with one attached hydrogen (secondary N) is 2. The van der Waals surface area contributed by atoms with Gasteiger partial charge >= 0.3 is 12.4 Å². The summed E-state index contributed by atoms with van der Waals surface area (Å²) in [6.45, 7) is 1.70. The molecule has 2 N–H and O–H groups in total. The van der Waals surface area contributed by atoms with E-state index in [-0.39, 0.29) is 28.7 Å². The first-order valence-corrected chi connectivity index (χ1v) is 11.4. The van der Waals surface area contributed by atoms with Crippen molar-refractivity contribution < 1.29 is 30.7 Å².